The topological polar surface area (TPSA) is 58.6 Å². The molecule has 1 aromatic rings. The molecule has 2 aliphatic heterocycles. The highest BCUT2D eigenvalue weighted by molar-refractivity contribution is 5.79. The van der Waals surface area contributed by atoms with Crippen LogP contribution in [-0.4, -0.2) is 54.0 Å². The lowest BCUT2D eigenvalue weighted by molar-refractivity contribution is -0.130. The van der Waals surface area contributed by atoms with E-state index in [-0.39, 0.29) is 23.0 Å². The number of nitrogens with one attached hydrogen (secondary N) is 1. The van der Waals surface area contributed by atoms with Crippen LogP contribution in [0.3, 0.4) is 0 Å². The van der Waals surface area contributed by atoms with E-state index in [1.165, 1.54) is 31.2 Å². The monoisotopic (exact) mass is 614 g/mol. The van der Waals surface area contributed by atoms with Crippen molar-refractivity contribution in [3.63, 3.8) is 0 Å². The molecule has 246 valence electrons. The van der Waals surface area contributed by atoms with Crippen LogP contribution in [-0.2, 0) is 20.7 Å². The minimum atomic E-state index is -0.0884. The highest BCUT2D eigenvalue weighted by Gasteiger charge is 2.63. The molecule has 4 aliphatic carbocycles. The number of likely N-dealkylation sites (tertiary alicyclic amines) is 1. The molecule has 6 aliphatic rings. The van der Waals surface area contributed by atoms with Gasteiger partial charge in [-0.15, -0.1) is 0 Å². The largest absolute Gasteiger partial charge is 0.369 e. The molecule has 0 aromatic heterocycles. The number of piperidine rings is 1. The first-order chi connectivity index (χ1) is 21.5. The first kappa shape index (κ1) is 31.6. The minimum Gasteiger partial charge on any atom is -0.369 e. The fourth-order valence-electron chi connectivity index (χ4n) is 12.0. The normalized spacial score (nSPS) is 43.0. The number of hydrogen-bond donors (Lipinski definition) is 1. The Bertz CT molecular complexity index is 1320. The second-order valence-electron chi connectivity index (χ2n) is 17.0. The van der Waals surface area contributed by atoms with Gasteiger partial charge in [-0.25, -0.2) is 0 Å². The quantitative estimate of drug-likeness (QED) is 0.337. The molecule has 0 radical (unpaired) electrons. The van der Waals surface area contributed by atoms with Crippen LogP contribution in [0.1, 0.15) is 111 Å². The molecule has 1 spiro atoms. The van der Waals surface area contributed by atoms with Crippen LogP contribution in [0.2, 0.25) is 0 Å². The van der Waals surface area contributed by atoms with Crippen LogP contribution in [0.15, 0.2) is 41.5 Å². The second kappa shape index (κ2) is 11.9. The van der Waals surface area contributed by atoms with Crippen molar-refractivity contribution in [2.75, 3.05) is 19.6 Å². The molecule has 2 heterocycles. The van der Waals surface area contributed by atoms with Crippen LogP contribution in [0.5, 0.6) is 0 Å². The third-order valence-electron chi connectivity index (χ3n) is 14.5. The summed E-state index contributed by atoms with van der Waals surface area (Å²) in [5.41, 5.74) is 5.11. The number of allylic oxidation sites excluding steroid dienone is 1. The van der Waals surface area contributed by atoms with Crippen molar-refractivity contribution in [2.45, 2.75) is 129 Å². The molecular formula is C40H58N2O3. The summed E-state index contributed by atoms with van der Waals surface area (Å²) in [6.45, 7) is 15.2. The van der Waals surface area contributed by atoms with Crippen LogP contribution < -0.4 is 5.32 Å². The molecule has 10 atom stereocenters. The SMILES string of the molecule is CC1=C2C[C@H]3C(CC[C@@H]4CC(=O)CC[C@@]43C)C2(C)CC[C@@]2(C1)O[C@@H]1C[C@H](C)CN(CCNC(=O)CCc3ccccc3)[C@H]1[C@H]2C. The lowest BCUT2D eigenvalue weighted by atomic mass is 9.51. The first-order valence-corrected chi connectivity index (χ1v) is 18.5. The lowest BCUT2D eigenvalue weighted by Crippen LogP contribution is -2.53. The zero-order chi connectivity index (χ0) is 31.6. The van der Waals surface area contributed by atoms with Crippen molar-refractivity contribution in [1.29, 1.82) is 0 Å². The van der Waals surface area contributed by atoms with Crippen LogP contribution >= 0.6 is 0 Å². The van der Waals surface area contributed by atoms with E-state index in [1.807, 2.05) is 18.2 Å². The average molecular weight is 615 g/mol. The predicted octanol–water partition coefficient (Wildman–Crippen LogP) is 7.53. The number of carbonyl (C=O) groups is 2. The predicted molar refractivity (Wildman–Crippen MR) is 180 cm³/mol. The van der Waals surface area contributed by atoms with Gasteiger partial charge in [0.25, 0.3) is 0 Å². The Morgan fingerprint density at radius 3 is 2.64 bits per heavy atom. The summed E-state index contributed by atoms with van der Waals surface area (Å²) in [6, 6.07) is 10.7. The smallest absolute Gasteiger partial charge is 0.220 e. The van der Waals surface area contributed by atoms with Crippen LogP contribution in [0.25, 0.3) is 0 Å². The molecule has 3 saturated carbocycles. The molecule has 1 N–H and O–H groups in total. The van der Waals surface area contributed by atoms with Crippen LogP contribution in [0.4, 0.5) is 0 Å². The fraction of sp³-hybridized carbons (Fsp3) is 0.750. The number of benzene rings is 1. The van der Waals surface area contributed by atoms with Crippen molar-refractivity contribution in [3.8, 4) is 0 Å². The van der Waals surface area contributed by atoms with Gasteiger partial charge >= 0.3 is 0 Å². The van der Waals surface area contributed by atoms with Crippen molar-refractivity contribution in [3.05, 3.63) is 47.0 Å². The lowest BCUT2D eigenvalue weighted by Gasteiger charge is -2.53. The summed E-state index contributed by atoms with van der Waals surface area (Å²) in [4.78, 5) is 27.8. The number of ketones is 1. The maximum absolute atomic E-state index is 12.7. The first-order valence-electron chi connectivity index (χ1n) is 18.5. The molecule has 5 nitrogen and oxygen atoms in total. The number of Topliss-reactive ketones (excluding diaryl/α,β-unsaturated/α-hetero) is 1. The Hall–Kier alpha value is -1.98. The van der Waals surface area contributed by atoms with E-state index >= 15 is 0 Å². The number of fused-ring (bicyclic) bond motifs is 6. The highest BCUT2D eigenvalue weighted by atomic mass is 16.5. The van der Waals surface area contributed by atoms with Gasteiger partial charge in [0.1, 0.15) is 5.78 Å². The Kier molecular flexibility index (Phi) is 8.37. The number of amides is 1. The van der Waals surface area contributed by atoms with E-state index < -0.39 is 0 Å². The third-order valence-corrected chi connectivity index (χ3v) is 14.5. The van der Waals surface area contributed by atoms with Gasteiger partial charge < -0.3 is 10.1 Å². The third kappa shape index (κ3) is 5.46. The van der Waals surface area contributed by atoms with Gasteiger partial charge in [0.15, 0.2) is 0 Å². The number of rotatable bonds is 6. The van der Waals surface area contributed by atoms with E-state index in [0.29, 0.717) is 48.0 Å². The standard InChI is InChI=1S/C40H58N2O3/c1-26-21-35-37(42(25-26)20-19-41-36(44)14-11-29-9-7-6-8-10-29)28(3)40(45-35)18-17-39(5)32-13-12-30-22-31(43)15-16-38(30,4)34(32)23-33(39)27(2)24-40/h6-10,26,28,30,32,34-35,37H,11-25H2,1-5H3,(H,41,44)/t26-,28+,30+,32?,34-,35+,37-,38-,39?,40-/m0/s1. The molecule has 7 rings (SSSR count). The Labute approximate surface area is 272 Å². The molecule has 5 heteroatoms. The van der Waals surface area contributed by atoms with E-state index in [1.54, 1.807) is 11.1 Å². The second-order valence-corrected chi connectivity index (χ2v) is 17.0. The summed E-state index contributed by atoms with van der Waals surface area (Å²) < 4.78 is 7.34. The molecule has 45 heavy (non-hydrogen) atoms. The van der Waals surface area contributed by atoms with Crippen molar-refractivity contribution >= 4 is 11.7 Å². The average Bonchev–Trinajstić information content (AvgIpc) is 3.43. The number of carbonyl (C=O) groups excluding carboxylic acids is 2. The Balaban J connectivity index is 1.04. The van der Waals surface area contributed by atoms with E-state index in [2.05, 4.69) is 57.0 Å². The van der Waals surface area contributed by atoms with Crippen molar-refractivity contribution in [1.82, 2.24) is 10.2 Å². The molecular weight excluding hydrogens is 556 g/mol. The van der Waals surface area contributed by atoms with Gasteiger partial charge in [0.2, 0.25) is 5.91 Å². The van der Waals surface area contributed by atoms with E-state index in [4.69, 9.17) is 4.74 Å². The summed E-state index contributed by atoms with van der Waals surface area (Å²) >= 11 is 0. The molecule has 1 aromatic carbocycles. The number of ether oxygens (including phenoxy) is 1. The van der Waals surface area contributed by atoms with Crippen molar-refractivity contribution < 1.29 is 14.3 Å². The van der Waals surface area contributed by atoms with Gasteiger partial charge in [-0.1, -0.05) is 69.2 Å². The van der Waals surface area contributed by atoms with Gasteiger partial charge in [-0.2, -0.15) is 0 Å². The maximum atomic E-state index is 12.7. The van der Waals surface area contributed by atoms with Gasteiger partial charge in [0.05, 0.1) is 11.7 Å². The molecule has 5 fully saturated rings. The molecule has 1 amide bonds. The van der Waals surface area contributed by atoms with E-state index in [0.717, 1.165) is 69.9 Å². The van der Waals surface area contributed by atoms with Gasteiger partial charge in [-0.05, 0) is 105 Å². The van der Waals surface area contributed by atoms with Gasteiger partial charge in [0, 0.05) is 50.9 Å². The van der Waals surface area contributed by atoms with E-state index in [9.17, 15) is 9.59 Å². The summed E-state index contributed by atoms with van der Waals surface area (Å²) in [6.07, 6.45) is 12.7. The molecule has 0 bridgehead atoms. The summed E-state index contributed by atoms with van der Waals surface area (Å²) in [5, 5.41) is 3.23. The number of nitrogens with zero attached hydrogens (tertiary/aromatic N) is 1. The number of hydrogen-bond acceptors (Lipinski definition) is 4. The highest BCUT2D eigenvalue weighted by Crippen LogP contribution is 2.69. The fourth-order valence-corrected chi connectivity index (χ4v) is 12.0. The number of aryl methyl sites for hydroxylation is 1. The van der Waals surface area contributed by atoms with Gasteiger partial charge in [-0.3, -0.25) is 14.5 Å². The minimum absolute atomic E-state index is 0.0884. The molecule has 2 unspecified atom stereocenters. The maximum Gasteiger partial charge on any atom is 0.220 e. The van der Waals surface area contributed by atoms with Crippen molar-refractivity contribution in [2.24, 2.45) is 40.4 Å². The zero-order valence-corrected chi connectivity index (χ0v) is 28.7. The van der Waals surface area contributed by atoms with Crippen LogP contribution in [0, 0.1) is 40.4 Å². The zero-order valence-electron chi connectivity index (χ0n) is 28.7. The summed E-state index contributed by atoms with van der Waals surface area (Å²) in [7, 11) is 0. The summed E-state index contributed by atoms with van der Waals surface area (Å²) in [5.74, 6) is 3.80. The molecule has 2 saturated heterocycles. The Morgan fingerprint density at radius 1 is 1.04 bits per heavy atom. The Morgan fingerprint density at radius 2 is 1.84 bits per heavy atom.